The molecule has 4 rings (SSSR count). The highest BCUT2D eigenvalue weighted by Crippen LogP contribution is 2.32. The molecule has 1 atom stereocenters. The molecule has 2 aromatic heterocycles. The number of aromatic amines is 1. The van der Waals surface area contributed by atoms with Crippen molar-refractivity contribution in [1.29, 1.82) is 0 Å². The van der Waals surface area contributed by atoms with E-state index in [-0.39, 0.29) is 11.9 Å². The van der Waals surface area contributed by atoms with E-state index in [2.05, 4.69) is 16.0 Å². The van der Waals surface area contributed by atoms with Gasteiger partial charge in [0.15, 0.2) is 0 Å². The van der Waals surface area contributed by atoms with E-state index in [1.165, 1.54) is 0 Å². The third kappa shape index (κ3) is 2.97. The summed E-state index contributed by atoms with van der Waals surface area (Å²) >= 11 is 0. The average Bonchev–Trinajstić information content (AvgIpc) is 3.11. The molecule has 1 aliphatic heterocycles. The van der Waals surface area contributed by atoms with Crippen LogP contribution >= 0.6 is 0 Å². The fraction of sp³-hybridized carbons (Fsp3) is 0.300. The number of hydrogen-bond donors (Lipinski definition) is 1. The van der Waals surface area contributed by atoms with Crippen LogP contribution in [-0.4, -0.2) is 34.4 Å². The van der Waals surface area contributed by atoms with Crippen molar-refractivity contribution >= 4 is 16.8 Å². The van der Waals surface area contributed by atoms with E-state index in [9.17, 15) is 4.79 Å². The second-order valence-electron chi connectivity index (χ2n) is 6.43. The Morgan fingerprint density at radius 2 is 2.20 bits per heavy atom. The Kier molecular flexibility index (Phi) is 4.14. The van der Waals surface area contributed by atoms with Crippen molar-refractivity contribution in [1.82, 2.24) is 14.9 Å². The lowest BCUT2D eigenvalue weighted by Crippen LogP contribution is -2.38. The number of aromatic nitrogens is 2. The highest BCUT2D eigenvalue weighted by Gasteiger charge is 2.29. The van der Waals surface area contributed by atoms with Crippen LogP contribution in [0.15, 0.2) is 48.8 Å². The Morgan fingerprint density at radius 3 is 3.00 bits per heavy atom. The molecule has 0 unspecified atom stereocenters. The molecule has 3 aromatic rings. The Hall–Kier alpha value is -2.82. The van der Waals surface area contributed by atoms with Gasteiger partial charge in [0, 0.05) is 35.9 Å². The Labute approximate surface area is 146 Å². The molecule has 5 heteroatoms. The van der Waals surface area contributed by atoms with E-state index in [1.807, 2.05) is 41.4 Å². The van der Waals surface area contributed by atoms with Gasteiger partial charge in [0.1, 0.15) is 11.4 Å². The summed E-state index contributed by atoms with van der Waals surface area (Å²) in [6.07, 6.45) is 6.78. The molecule has 1 N–H and O–H groups in total. The zero-order valence-electron chi connectivity index (χ0n) is 14.2. The normalized spacial score (nSPS) is 17.6. The number of hydrogen-bond acceptors (Lipinski definition) is 3. The summed E-state index contributed by atoms with van der Waals surface area (Å²) in [6.45, 7) is 0.775. The molecule has 0 aliphatic carbocycles. The number of carbonyl (C=O) groups excluding carboxylic acids is 1. The molecular formula is C20H21N3O2. The summed E-state index contributed by atoms with van der Waals surface area (Å²) in [5.74, 6) is 0.822. The van der Waals surface area contributed by atoms with E-state index in [0.29, 0.717) is 5.69 Å². The van der Waals surface area contributed by atoms with Gasteiger partial charge in [-0.2, -0.15) is 0 Å². The molecule has 1 aliphatic rings. The van der Waals surface area contributed by atoms with Crippen molar-refractivity contribution in [2.24, 2.45) is 0 Å². The fourth-order valence-corrected chi connectivity index (χ4v) is 3.60. The monoisotopic (exact) mass is 335 g/mol. The van der Waals surface area contributed by atoms with Gasteiger partial charge in [-0.15, -0.1) is 0 Å². The maximum Gasteiger partial charge on any atom is 0.270 e. The van der Waals surface area contributed by atoms with Gasteiger partial charge in [0.2, 0.25) is 0 Å². The van der Waals surface area contributed by atoms with E-state index in [0.717, 1.165) is 48.0 Å². The first-order valence-electron chi connectivity index (χ1n) is 8.64. The maximum atomic E-state index is 13.2. The first kappa shape index (κ1) is 15.7. The first-order chi connectivity index (χ1) is 12.3. The number of rotatable bonds is 3. The quantitative estimate of drug-likeness (QED) is 0.789. The third-order valence-electron chi connectivity index (χ3n) is 4.89. The van der Waals surface area contributed by atoms with Crippen LogP contribution in [0, 0.1) is 0 Å². The van der Waals surface area contributed by atoms with Crippen molar-refractivity contribution in [3.05, 3.63) is 60.0 Å². The number of fused-ring (bicyclic) bond motifs is 1. The lowest BCUT2D eigenvalue weighted by atomic mass is 9.96. The van der Waals surface area contributed by atoms with Crippen LogP contribution in [0.3, 0.4) is 0 Å². The molecule has 0 bridgehead atoms. The number of nitrogens with one attached hydrogen (secondary N) is 1. The number of H-pyrrole nitrogens is 1. The molecule has 5 nitrogen and oxygen atoms in total. The van der Waals surface area contributed by atoms with Crippen LogP contribution in [0.2, 0.25) is 0 Å². The lowest BCUT2D eigenvalue weighted by molar-refractivity contribution is 0.0606. The lowest BCUT2D eigenvalue weighted by Gasteiger charge is -2.35. The van der Waals surface area contributed by atoms with Crippen LogP contribution in [0.25, 0.3) is 10.9 Å². The van der Waals surface area contributed by atoms with Crippen LogP contribution in [0.4, 0.5) is 0 Å². The Bertz CT molecular complexity index is 888. The first-order valence-corrected chi connectivity index (χ1v) is 8.64. The minimum atomic E-state index is 0.0451. The van der Waals surface area contributed by atoms with Crippen LogP contribution in [0.5, 0.6) is 5.75 Å². The van der Waals surface area contributed by atoms with Gasteiger partial charge in [0.05, 0.1) is 13.2 Å². The summed E-state index contributed by atoms with van der Waals surface area (Å²) in [5.41, 5.74) is 2.64. The van der Waals surface area contributed by atoms with Gasteiger partial charge in [-0.1, -0.05) is 6.07 Å². The van der Waals surface area contributed by atoms with Gasteiger partial charge >= 0.3 is 0 Å². The number of nitrogens with zero attached hydrogens (tertiary/aromatic N) is 2. The van der Waals surface area contributed by atoms with Gasteiger partial charge in [-0.3, -0.25) is 9.78 Å². The van der Waals surface area contributed by atoms with Gasteiger partial charge in [-0.25, -0.2) is 0 Å². The molecule has 0 radical (unpaired) electrons. The van der Waals surface area contributed by atoms with E-state index < -0.39 is 0 Å². The number of piperidine rings is 1. The molecule has 1 amide bonds. The second-order valence-corrected chi connectivity index (χ2v) is 6.43. The molecule has 1 fully saturated rings. The SMILES string of the molecule is COc1ccc2cc(C(=O)N3CCCC[C@H]3c3cccnc3)[nH]c2c1. The number of carbonyl (C=O) groups is 1. The van der Waals surface area contributed by atoms with Crippen LogP contribution < -0.4 is 4.74 Å². The predicted molar refractivity (Wildman–Crippen MR) is 96.7 cm³/mol. The van der Waals surface area contributed by atoms with Gasteiger partial charge < -0.3 is 14.6 Å². The number of methoxy groups -OCH3 is 1. The largest absolute Gasteiger partial charge is 0.497 e. The van der Waals surface area contributed by atoms with Crippen molar-refractivity contribution in [2.75, 3.05) is 13.7 Å². The zero-order chi connectivity index (χ0) is 17.2. The van der Waals surface area contributed by atoms with Gasteiger partial charge in [-0.05, 0) is 49.1 Å². The molecule has 25 heavy (non-hydrogen) atoms. The minimum absolute atomic E-state index is 0.0451. The molecule has 1 aromatic carbocycles. The smallest absolute Gasteiger partial charge is 0.270 e. The summed E-state index contributed by atoms with van der Waals surface area (Å²) < 4.78 is 5.26. The van der Waals surface area contributed by atoms with Crippen LogP contribution in [0.1, 0.15) is 41.4 Å². The summed E-state index contributed by atoms with van der Waals surface area (Å²) in [4.78, 5) is 22.6. The van der Waals surface area contributed by atoms with Crippen molar-refractivity contribution in [3.8, 4) is 5.75 Å². The van der Waals surface area contributed by atoms with Crippen molar-refractivity contribution in [2.45, 2.75) is 25.3 Å². The summed E-state index contributed by atoms with van der Waals surface area (Å²) in [5, 5.41) is 1.01. The highest BCUT2D eigenvalue weighted by atomic mass is 16.5. The number of amides is 1. The van der Waals surface area contributed by atoms with Gasteiger partial charge in [0.25, 0.3) is 5.91 Å². The molecule has 0 spiro atoms. The molecular weight excluding hydrogens is 314 g/mol. The number of ether oxygens (including phenoxy) is 1. The Morgan fingerprint density at radius 1 is 1.28 bits per heavy atom. The summed E-state index contributed by atoms with van der Waals surface area (Å²) in [6, 6.07) is 11.8. The highest BCUT2D eigenvalue weighted by molar-refractivity contribution is 5.98. The van der Waals surface area contributed by atoms with E-state index in [1.54, 1.807) is 13.3 Å². The molecule has 128 valence electrons. The predicted octanol–water partition coefficient (Wildman–Crippen LogP) is 3.94. The number of benzene rings is 1. The standard InChI is InChI=1S/C20H21N3O2/c1-25-16-8-7-14-11-18(22-17(14)12-16)20(24)23-10-3-2-6-19(23)15-5-4-9-21-13-15/h4-5,7-9,11-13,19,22H,2-3,6,10H2,1H3/t19-/m0/s1. The summed E-state index contributed by atoms with van der Waals surface area (Å²) in [7, 11) is 1.64. The third-order valence-corrected chi connectivity index (χ3v) is 4.89. The molecule has 3 heterocycles. The molecule has 1 saturated heterocycles. The minimum Gasteiger partial charge on any atom is -0.497 e. The Balaban J connectivity index is 1.66. The van der Waals surface area contributed by atoms with Crippen molar-refractivity contribution in [3.63, 3.8) is 0 Å². The van der Waals surface area contributed by atoms with Crippen molar-refractivity contribution < 1.29 is 9.53 Å². The second kappa shape index (κ2) is 6.59. The van der Waals surface area contributed by atoms with E-state index in [4.69, 9.17) is 4.74 Å². The zero-order valence-corrected chi connectivity index (χ0v) is 14.2. The number of likely N-dealkylation sites (tertiary alicyclic amines) is 1. The molecule has 0 saturated carbocycles. The fourth-order valence-electron chi connectivity index (χ4n) is 3.60. The number of pyridine rings is 1. The topological polar surface area (TPSA) is 58.2 Å². The average molecular weight is 335 g/mol. The maximum absolute atomic E-state index is 13.2. The van der Waals surface area contributed by atoms with E-state index >= 15 is 0 Å². The van der Waals surface area contributed by atoms with Crippen LogP contribution in [-0.2, 0) is 0 Å².